The van der Waals surface area contributed by atoms with Crippen LogP contribution in [-0.2, 0) is 19.1 Å². The second kappa shape index (κ2) is 10.3. The van der Waals surface area contributed by atoms with E-state index >= 15 is 0 Å². The summed E-state index contributed by atoms with van der Waals surface area (Å²) in [5, 5.41) is 2.21. The van der Waals surface area contributed by atoms with Crippen molar-refractivity contribution in [3.63, 3.8) is 0 Å². The maximum absolute atomic E-state index is 13.1. The van der Waals surface area contributed by atoms with Gasteiger partial charge in [0.05, 0.1) is 21.2 Å². The van der Waals surface area contributed by atoms with Crippen LogP contribution >= 0.6 is 31.9 Å². The fourth-order valence-electron chi connectivity index (χ4n) is 3.06. The van der Waals surface area contributed by atoms with Crippen LogP contribution in [0.4, 0.5) is 10.5 Å². The van der Waals surface area contributed by atoms with E-state index in [1.165, 1.54) is 6.08 Å². The zero-order valence-electron chi connectivity index (χ0n) is 18.0. The molecule has 0 atom stereocenters. The van der Waals surface area contributed by atoms with Gasteiger partial charge in [-0.15, -0.1) is 0 Å². The summed E-state index contributed by atoms with van der Waals surface area (Å²) >= 11 is 6.74. The predicted octanol–water partition coefficient (Wildman–Crippen LogP) is 4.44. The van der Waals surface area contributed by atoms with Crippen molar-refractivity contribution in [3.05, 3.63) is 61.5 Å². The number of amides is 4. The smallest absolute Gasteiger partial charge is 0.344 e. The minimum Gasteiger partial charge on any atom is -0.480 e. The standard InChI is InChI=1S/C23H20Br2N2O6/c1-4-32-19(28)11-33-20-17(24)9-14(10-18(20)25)8-16-21(29)26-23(31)27(22(16)30)15-6-5-12(2)13(3)7-15/h5-10H,4,11H2,1-3H3,(H,26,29,31)/b16-8+. The number of barbiturate groups is 1. The van der Waals surface area contributed by atoms with Crippen molar-refractivity contribution in [1.29, 1.82) is 0 Å². The molecule has 2 aromatic rings. The molecule has 0 aliphatic carbocycles. The molecule has 0 saturated carbocycles. The van der Waals surface area contributed by atoms with Crippen molar-refractivity contribution in [2.24, 2.45) is 0 Å². The molecule has 0 aromatic heterocycles. The Morgan fingerprint density at radius 1 is 1.06 bits per heavy atom. The molecule has 1 heterocycles. The molecule has 0 spiro atoms. The molecular weight excluding hydrogens is 560 g/mol. The molecule has 1 N–H and O–H groups in total. The fourth-order valence-corrected chi connectivity index (χ4v) is 4.51. The number of nitrogens with zero attached hydrogens (tertiary/aromatic N) is 1. The number of esters is 1. The Hall–Kier alpha value is -2.98. The number of aryl methyl sites for hydroxylation is 2. The Morgan fingerprint density at radius 2 is 1.73 bits per heavy atom. The Balaban J connectivity index is 1.91. The summed E-state index contributed by atoms with van der Waals surface area (Å²) in [6.07, 6.45) is 1.38. The molecule has 8 nitrogen and oxygen atoms in total. The zero-order valence-corrected chi connectivity index (χ0v) is 21.2. The van der Waals surface area contributed by atoms with E-state index in [1.54, 1.807) is 37.3 Å². The topological polar surface area (TPSA) is 102 Å². The van der Waals surface area contributed by atoms with Gasteiger partial charge < -0.3 is 9.47 Å². The Bertz CT molecular complexity index is 1170. The summed E-state index contributed by atoms with van der Waals surface area (Å²) in [7, 11) is 0. The van der Waals surface area contributed by atoms with Gasteiger partial charge in [-0.05, 0) is 99.7 Å². The quantitative estimate of drug-likeness (QED) is 0.308. The molecule has 0 radical (unpaired) electrons. The van der Waals surface area contributed by atoms with Gasteiger partial charge in [0.15, 0.2) is 6.61 Å². The predicted molar refractivity (Wildman–Crippen MR) is 129 cm³/mol. The summed E-state index contributed by atoms with van der Waals surface area (Å²) in [6.45, 7) is 5.45. The van der Waals surface area contributed by atoms with E-state index in [4.69, 9.17) is 9.47 Å². The van der Waals surface area contributed by atoms with Crippen LogP contribution in [-0.4, -0.2) is 37.0 Å². The molecule has 0 unspecified atom stereocenters. The van der Waals surface area contributed by atoms with E-state index < -0.39 is 23.8 Å². The summed E-state index contributed by atoms with van der Waals surface area (Å²) in [6, 6.07) is 7.59. The average Bonchev–Trinajstić information content (AvgIpc) is 2.73. The first kappa shape index (κ1) is 24.7. The Labute approximate surface area is 207 Å². The van der Waals surface area contributed by atoms with Gasteiger partial charge in [-0.3, -0.25) is 14.9 Å². The largest absolute Gasteiger partial charge is 0.480 e. The lowest BCUT2D eigenvalue weighted by Gasteiger charge is -2.27. The highest BCUT2D eigenvalue weighted by Gasteiger charge is 2.37. The van der Waals surface area contributed by atoms with Crippen molar-refractivity contribution < 1.29 is 28.7 Å². The molecule has 10 heteroatoms. The third-order valence-electron chi connectivity index (χ3n) is 4.82. The van der Waals surface area contributed by atoms with Crippen LogP contribution < -0.4 is 15.0 Å². The molecule has 4 amide bonds. The number of benzene rings is 2. The maximum Gasteiger partial charge on any atom is 0.344 e. The van der Waals surface area contributed by atoms with Crippen LogP contribution in [0.25, 0.3) is 6.08 Å². The lowest BCUT2D eigenvalue weighted by atomic mass is 10.1. The molecule has 172 valence electrons. The van der Waals surface area contributed by atoms with Gasteiger partial charge in [0.1, 0.15) is 11.3 Å². The number of rotatable bonds is 6. The summed E-state index contributed by atoms with van der Waals surface area (Å²) in [5.74, 6) is -1.68. The molecule has 1 aliphatic heterocycles. The third kappa shape index (κ3) is 5.51. The van der Waals surface area contributed by atoms with Crippen LogP contribution in [0.15, 0.2) is 44.9 Å². The number of hydrogen-bond donors (Lipinski definition) is 1. The van der Waals surface area contributed by atoms with E-state index in [1.807, 2.05) is 13.8 Å². The van der Waals surface area contributed by atoms with Gasteiger partial charge in [-0.25, -0.2) is 14.5 Å². The number of hydrogen-bond acceptors (Lipinski definition) is 6. The monoisotopic (exact) mass is 578 g/mol. The van der Waals surface area contributed by atoms with Gasteiger partial charge in [-0.2, -0.15) is 0 Å². The van der Waals surface area contributed by atoms with Crippen LogP contribution in [0.5, 0.6) is 5.75 Å². The Kier molecular flexibility index (Phi) is 7.70. The van der Waals surface area contributed by atoms with Crippen molar-refractivity contribution in [3.8, 4) is 5.75 Å². The number of urea groups is 1. The third-order valence-corrected chi connectivity index (χ3v) is 6.00. The van der Waals surface area contributed by atoms with Crippen molar-refractivity contribution in [2.45, 2.75) is 20.8 Å². The lowest BCUT2D eigenvalue weighted by molar-refractivity contribution is -0.145. The highest BCUT2D eigenvalue weighted by molar-refractivity contribution is 9.11. The van der Waals surface area contributed by atoms with Gasteiger partial charge >= 0.3 is 12.0 Å². The SMILES string of the molecule is CCOC(=O)COc1c(Br)cc(/C=C2\C(=O)NC(=O)N(c3ccc(C)c(C)c3)C2=O)cc1Br. The summed E-state index contributed by atoms with van der Waals surface area (Å²) < 4.78 is 11.3. The number of carbonyl (C=O) groups excluding carboxylic acids is 4. The number of anilines is 1. The number of imide groups is 2. The molecule has 2 aromatic carbocycles. The first-order valence-electron chi connectivity index (χ1n) is 9.88. The summed E-state index contributed by atoms with van der Waals surface area (Å²) in [5.41, 5.74) is 2.57. The van der Waals surface area contributed by atoms with Gasteiger partial charge in [-0.1, -0.05) is 6.07 Å². The average molecular weight is 580 g/mol. The van der Waals surface area contributed by atoms with Crippen molar-refractivity contribution in [2.75, 3.05) is 18.1 Å². The normalized spacial score (nSPS) is 15.0. The molecule has 33 heavy (non-hydrogen) atoms. The number of halogens is 2. The first-order valence-corrected chi connectivity index (χ1v) is 11.5. The van der Waals surface area contributed by atoms with Crippen LogP contribution in [0.1, 0.15) is 23.6 Å². The second-order valence-electron chi connectivity index (χ2n) is 7.13. The van der Waals surface area contributed by atoms with Crippen molar-refractivity contribution >= 4 is 67.4 Å². The number of ether oxygens (including phenoxy) is 2. The second-order valence-corrected chi connectivity index (χ2v) is 8.84. The molecule has 1 saturated heterocycles. The van der Waals surface area contributed by atoms with Crippen LogP contribution in [0, 0.1) is 13.8 Å². The fraction of sp³-hybridized carbons (Fsp3) is 0.217. The van der Waals surface area contributed by atoms with E-state index in [9.17, 15) is 19.2 Å². The maximum atomic E-state index is 13.1. The zero-order chi connectivity index (χ0) is 24.3. The minimum absolute atomic E-state index is 0.202. The van der Waals surface area contributed by atoms with Gasteiger partial charge in [0.25, 0.3) is 11.8 Å². The lowest BCUT2D eigenvalue weighted by Crippen LogP contribution is -2.54. The molecule has 1 fully saturated rings. The van der Waals surface area contributed by atoms with E-state index in [0.29, 0.717) is 25.9 Å². The molecule has 1 aliphatic rings. The molecule has 0 bridgehead atoms. The molecule has 3 rings (SSSR count). The van der Waals surface area contributed by atoms with Gasteiger partial charge in [0.2, 0.25) is 0 Å². The minimum atomic E-state index is -0.810. The number of nitrogens with one attached hydrogen (secondary N) is 1. The summed E-state index contributed by atoms with van der Waals surface area (Å²) in [4.78, 5) is 50.4. The first-order chi connectivity index (χ1) is 15.6. The van der Waals surface area contributed by atoms with Gasteiger partial charge in [0, 0.05) is 0 Å². The van der Waals surface area contributed by atoms with Crippen LogP contribution in [0.2, 0.25) is 0 Å². The molecular formula is C23H20Br2N2O6. The van der Waals surface area contributed by atoms with Crippen molar-refractivity contribution in [1.82, 2.24) is 5.32 Å². The highest BCUT2D eigenvalue weighted by atomic mass is 79.9. The van der Waals surface area contributed by atoms with E-state index in [0.717, 1.165) is 16.0 Å². The highest BCUT2D eigenvalue weighted by Crippen LogP contribution is 2.36. The van der Waals surface area contributed by atoms with Crippen LogP contribution in [0.3, 0.4) is 0 Å². The van der Waals surface area contributed by atoms with E-state index in [2.05, 4.69) is 37.2 Å². The number of carbonyl (C=O) groups is 4. The van der Waals surface area contributed by atoms with E-state index in [-0.39, 0.29) is 18.8 Å². The Morgan fingerprint density at radius 3 is 2.33 bits per heavy atom.